The molecular weight excluding hydrogens is 162 g/mol. The molecule has 0 saturated heterocycles. The summed E-state index contributed by atoms with van der Waals surface area (Å²) in [5.41, 5.74) is 2.02. The van der Waals surface area contributed by atoms with Gasteiger partial charge in [0.25, 0.3) is 0 Å². The Morgan fingerprint density at radius 3 is 3.27 bits per heavy atom. The molecule has 1 aromatic heterocycles. The van der Waals surface area contributed by atoms with E-state index in [0.29, 0.717) is 12.4 Å². The van der Waals surface area contributed by atoms with Gasteiger partial charge in [-0.15, -0.1) is 0 Å². The molecule has 0 aliphatic carbocycles. The van der Waals surface area contributed by atoms with E-state index in [1.54, 1.807) is 0 Å². The van der Waals surface area contributed by atoms with Gasteiger partial charge in [0.1, 0.15) is 5.76 Å². The van der Waals surface area contributed by atoms with Crippen molar-refractivity contribution in [3.05, 3.63) is 17.0 Å². The number of thiol groups is 1. The van der Waals surface area contributed by atoms with Crippen molar-refractivity contribution in [1.82, 2.24) is 5.16 Å². The van der Waals surface area contributed by atoms with Gasteiger partial charge in [0, 0.05) is 17.7 Å². The van der Waals surface area contributed by atoms with Gasteiger partial charge in [-0.1, -0.05) is 5.16 Å². The second-order valence-corrected chi connectivity index (χ2v) is 2.81. The molecular formula is C7H9NO2S. The van der Waals surface area contributed by atoms with Crippen molar-refractivity contribution >= 4 is 12.6 Å². The summed E-state index contributed by atoms with van der Waals surface area (Å²) < 4.78 is 10.4. The molecule has 0 radical (unpaired) electrons. The van der Waals surface area contributed by atoms with Crippen molar-refractivity contribution in [1.29, 1.82) is 0 Å². The first-order chi connectivity index (χ1) is 5.42. The molecule has 3 nitrogen and oxygen atoms in total. The summed E-state index contributed by atoms with van der Waals surface area (Å²) in [6, 6.07) is 0. The van der Waals surface area contributed by atoms with Gasteiger partial charge >= 0.3 is 0 Å². The topological polar surface area (TPSA) is 35.3 Å². The third-order valence-electron chi connectivity index (χ3n) is 1.82. The number of nitrogens with zero attached hydrogens (tertiary/aromatic N) is 1. The maximum atomic E-state index is 5.26. The van der Waals surface area contributed by atoms with Crippen LogP contribution in [0.15, 0.2) is 4.52 Å². The van der Waals surface area contributed by atoms with Crippen molar-refractivity contribution < 1.29 is 9.26 Å². The Labute approximate surface area is 70.1 Å². The number of fused-ring (bicyclic) bond motifs is 1. The Balaban J connectivity index is 2.38. The summed E-state index contributed by atoms with van der Waals surface area (Å²) in [5, 5.41) is 3.88. The van der Waals surface area contributed by atoms with Crippen molar-refractivity contribution in [3.8, 4) is 0 Å². The van der Waals surface area contributed by atoms with Gasteiger partial charge in [-0.05, 0) is 0 Å². The minimum absolute atomic E-state index is 0.627. The molecule has 11 heavy (non-hydrogen) atoms. The maximum Gasteiger partial charge on any atom is 0.144 e. The van der Waals surface area contributed by atoms with E-state index in [1.807, 2.05) is 0 Å². The Bertz CT molecular complexity index is 245. The van der Waals surface area contributed by atoms with Crippen LogP contribution in [0.1, 0.15) is 17.0 Å². The highest BCUT2D eigenvalue weighted by molar-refractivity contribution is 7.79. The summed E-state index contributed by atoms with van der Waals surface area (Å²) in [6.45, 7) is 1.38. The van der Waals surface area contributed by atoms with E-state index in [-0.39, 0.29) is 0 Å². The smallest absolute Gasteiger partial charge is 0.144 e. The van der Waals surface area contributed by atoms with E-state index in [9.17, 15) is 0 Å². The van der Waals surface area contributed by atoms with Crippen molar-refractivity contribution in [2.45, 2.75) is 18.8 Å². The first-order valence-electron chi connectivity index (χ1n) is 3.56. The Morgan fingerprint density at radius 2 is 2.45 bits per heavy atom. The van der Waals surface area contributed by atoms with Gasteiger partial charge in [0.2, 0.25) is 0 Å². The molecule has 0 fully saturated rings. The average molecular weight is 171 g/mol. The van der Waals surface area contributed by atoms with Crippen LogP contribution in [0.4, 0.5) is 0 Å². The van der Waals surface area contributed by atoms with Gasteiger partial charge in [-0.3, -0.25) is 0 Å². The van der Waals surface area contributed by atoms with Gasteiger partial charge in [0.05, 0.1) is 18.9 Å². The fourth-order valence-electron chi connectivity index (χ4n) is 1.21. The molecule has 1 aromatic rings. The highest BCUT2D eigenvalue weighted by atomic mass is 32.1. The molecule has 1 aliphatic heterocycles. The van der Waals surface area contributed by atoms with Crippen molar-refractivity contribution in [3.63, 3.8) is 0 Å². The van der Waals surface area contributed by atoms with Crippen molar-refractivity contribution in [2.24, 2.45) is 0 Å². The predicted octanol–water partition coefficient (Wildman–Crippen LogP) is 1.18. The third-order valence-corrected chi connectivity index (χ3v) is 2.12. The third kappa shape index (κ3) is 1.16. The van der Waals surface area contributed by atoms with Crippen LogP contribution in [0.3, 0.4) is 0 Å². The molecule has 0 atom stereocenters. The monoisotopic (exact) mass is 171 g/mol. The molecule has 0 bridgehead atoms. The Kier molecular flexibility index (Phi) is 1.87. The molecule has 4 heteroatoms. The van der Waals surface area contributed by atoms with Crippen LogP contribution in [-0.2, 0) is 23.5 Å². The number of rotatable bonds is 1. The fraction of sp³-hybridized carbons (Fsp3) is 0.571. The standard InChI is InChI=1S/C7H9NO2S/c11-4-6-5-3-9-2-1-7(5)10-8-6/h11H,1-4H2. The van der Waals surface area contributed by atoms with Crippen LogP contribution in [0.5, 0.6) is 0 Å². The number of aromatic nitrogens is 1. The second-order valence-electron chi connectivity index (χ2n) is 2.49. The first kappa shape index (κ1) is 7.18. The lowest BCUT2D eigenvalue weighted by atomic mass is 10.1. The summed E-state index contributed by atoms with van der Waals surface area (Å²) in [4.78, 5) is 0. The van der Waals surface area contributed by atoms with Gasteiger partial charge in [-0.2, -0.15) is 12.6 Å². The number of hydrogen-bond acceptors (Lipinski definition) is 4. The van der Waals surface area contributed by atoms with Crippen LogP contribution in [-0.4, -0.2) is 11.8 Å². The molecule has 0 N–H and O–H groups in total. The summed E-state index contributed by atoms with van der Waals surface area (Å²) in [5.74, 6) is 1.60. The van der Waals surface area contributed by atoms with Gasteiger partial charge in [0.15, 0.2) is 0 Å². The SMILES string of the molecule is SCc1noc2c1COCC2. The maximum absolute atomic E-state index is 5.26. The zero-order chi connectivity index (χ0) is 7.68. The molecule has 0 amide bonds. The normalized spacial score (nSPS) is 16.5. The van der Waals surface area contributed by atoms with Gasteiger partial charge < -0.3 is 9.26 Å². The molecule has 1 aliphatic rings. The number of ether oxygens (including phenoxy) is 1. The minimum Gasteiger partial charge on any atom is -0.376 e. The average Bonchev–Trinajstić information content (AvgIpc) is 2.47. The molecule has 0 unspecified atom stereocenters. The first-order valence-corrected chi connectivity index (χ1v) is 4.20. The molecule has 2 heterocycles. The molecule has 0 spiro atoms. The second kappa shape index (κ2) is 2.87. The van der Waals surface area contributed by atoms with Crippen LogP contribution >= 0.6 is 12.6 Å². The number of hydrogen-bond donors (Lipinski definition) is 1. The highest BCUT2D eigenvalue weighted by Crippen LogP contribution is 2.21. The predicted molar refractivity (Wildman–Crippen MR) is 42.6 cm³/mol. The van der Waals surface area contributed by atoms with Crippen LogP contribution in [0.25, 0.3) is 0 Å². The van der Waals surface area contributed by atoms with E-state index < -0.39 is 0 Å². The zero-order valence-electron chi connectivity index (χ0n) is 6.04. The Morgan fingerprint density at radius 1 is 1.55 bits per heavy atom. The lowest BCUT2D eigenvalue weighted by Gasteiger charge is -2.09. The van der Waals surface area contributed by atoms with Crippen LogP contribution in [0, 0.1) is 0 Å². The molecule has 0 saturated carbocycles. The Hall–Kier alpha value is -0.480. The largest absolute Gasteiger partial charge is 0.376 e. The minimum atomic E-state index is 0.627. The summed E-state index contributed by atoms with van der Waals surface area (Å²) >= 11 is 4.13. The van der Waals surface area contributed by atoms with E-state index in [2.05, 4.69) is 17.8 Å². The molecule has 0 aromatic carbocycles. The fourth-order valence-corrected chi connectivity index (χ4v) is 1.45. The van der Waals surface area contributed by atoms with Gasteiger partial charge in [-0.25, -0.2) is 0 Å². The van der Waals surface area contributed by atoms with E-state index in [1.165, 1.54) is 0 Å². The molecule has 2 rings (SSSR count). The lowest BCUT2D eigenvalue weighted by molar-refractivity contribution is 0.102. The van der Waals surface area contributed by atoms with E-state index >= 15 is 0 Å². The zero-order valence-corrected chi connectivity index (χ0v) is 6.93. The van der Waals surface area contributed by atoms with E-state index in [4.69, 9.17) is 9.26 Å². The van der Waals surface area contributed by atoms with Crippen LogP contribution in [0.2, 0.25) is 0 Å². The highest BCUT2D eigenvalue weighted by Gasteiger charge is 2.18. The van der Waals surface area contributed by atoms with E-state index in [0.717, 1.165) is 30.0 Å². The quantitative estimate of drug-likeness (QED) is 0.644. The molecule has 60 valence electrons. The lowest BCUT2D eigenvalue weighted by Crippen LogP contribution is -2.08. The summed E-state index contributed by atoms with van der Waals surface area (Å²) in [7, 11) is 0. The van der Waals surface area contributed by atoms with Crippen molar-refractivity contribution in [2.75, 3.05) is 6.61 Å². The van der Waals surface area contributed by atoms with Crippen LogP contribution < -0.4 is 0 Å². The summed E-state index contributed by atoms with van der Waals surface area (Å²) in [6.07, 6.45) is 0.843.